The third kappa shape index (κ3) is 5.57. The Kier molecular flexibility index (Phi) is 6.95. The molecular weight excluding hydrogens is 340 g/mol. The third-order valence-electron chi connectivity index (χ3n) is 3.84. The zero-order valence-electron chi connectivity index (χ0n) is 14.6. The van der Waals surface area contributed by atoms with Crippen molar-refractivity contribution in [3.05, 3.63) is 58.6 Å². The first-order valence-corrected chi connectivity index (χ1v) is 8.42. The molecule has 0 saturated heterocycles. The molecule has 0 bridgehead atoms. The van der Waals surface area contributed by atoms with Crippen LogP contribution < -0.4 is 20.1 Å². The van der Waals surface area contributed by atoms with Gasteiger partial charge in [-0.15, -0.1) is 0 Å². The van der Waals surface area contributed by atoms with Gasteiger partial charge < -0.3 is 20.1 Å². The molecule has 0 heterocycles. The number of methoxy groups -OCH3 is 2. The molecule has 6 heteroatoms. The molecule has 134 valence electrons. The van der Waals surface area contributed by atoms with Crippen LogP contribution in [0.25, 0.3) is 0 Å². The highest BCUT2D eigenvalue weighted by Gasteiger charge is 2.12. The van der Waals surface area contributed by atoms with E-state index in [1.54, 1.807) is 14.2 Å². The number of amides is 2. The fourth-order valence-electron chi connectivity index (χ4n) is 2.47. The van der Waals surface area contributed by atoms with E-state index in [1.807, 2.05) is 49.4 Å². The summed E-state index contributed by atoms with van der Waals surface area (Å²) in [7, 11) is 3.18. The number of carbonyl (C=O) groups excluding carboxylic acids is 1. The van der Waals surface area contributed by atoms with Crippen LogP contribution in [-0.2, 0) is 6.42 Å². The van der Waals surface area contributed by atoms with Gasteiger partial charge in [-0.2, -0.15) is 0 Å². The summed E-state index contributed by atoms with van der Waals surface area (Å²) in [6.07, 6.45) is 0.721. The lowest BCUT2D eigenvalue weighted by atomic mass is 10.1. The Bertz CT molecular complexity index is 722. The molecular formula is C19H23ClN2O3. The summed E-state index contributed by atoms with van der Waals surface area (Å²) >= 11 is 5.95. The number of urea groups is 1. The van der Waals surface area contributed by atoms with E-state index in [0.29, 0.717) is 23.1 Å². The van der Waals surface area contributed by atoms with Gasteiger partial charge in [0.15, 0.2) is 11.5 Å². The number of halogens is 1. The molecule has 5 nitrogen and oxygen atoms in total. The summed E-state index contributed by atoms with van der Waals surface area (Å²) < 4.78 is 10.5. The summed E-state index contributed by atoms with van der Waals surface area (Å²) in [6.45, 7) is 2.45. The lowest BCUT2D eigenvalue weighted by Gasteiger charge is -2.17. The lowest BCUT2D eigenvalue weighted by molar-refractivity contribution is 0.238. The molecule has 0 saturated carbocycles. The van der Waals surface area contributed by atoms with Crippen LogP contribution in [0.4, 0.5) is 4.79 Å². The Hall–Kier alpha value is -2.40. The van der Waals surface area contributed by atoms with Gasteiger partial charge in [-0.1, -0.05) is 29.8 Å². The standard InChI is InChI=1S/C19H23ClN2O3/c1-13(15-7-8-17(24-2)18(12-15)25-3)22-19(23)21-10-9-14-5-4-6-16(20)11-14/h4-8,11-13H,9-10H2,1-3H3,(H2,21,22,23). The number of rotatable bonds is 7. The highest BCUT2D eigenvalue weighted by Crippen LogP contribution is 2.29. The summed E-state index contributed by atoms with van der Waals surface area (Å²) in [5.74, 6) is 1.29. The maximum absolute atomic E-state index is 12.1. The minimum Gasteiger partial charge on any atom is -0.493 e. The molecule has 2 rings (SSSR count). The number of carbonyl (C=O) groups is 1. The fraction of sp³-hybridized carbons (Fsp3) is 0.316. The second-order valence-corrected chi connectivity index (χ2v) is 6.05. The second-order valence-electron chi connectivity index (χ2n) is 5.62. The Morgan fingerprint density at radius 1 is 1.12 bits per heavy atom. The van der Waals surface area contributed by atoms with Crippen LogP contribution in [0.15, 0.2) is 42.5 Å². The molecule has 0 aliphatic heterocycles. The highest BCUT2D eigenvalue weighted by atomic mass is 35.5. The Morgan fingerprint density at radius 2 is 1.88 bits per heavy atom. The van der Waals surface area contributed by atoms with Crippen molar-refractivity contribution in [3.63, 3.8) is 0 Å². The van der Waals surface area contributed by atoms with Crippen molar-refractivity contribution in [2.24, 2.45) is 0 Å². The van der Waals surface area contributed by atoms with Crippen LogP contribution in [-0.4, -0.2) is 26.8 Å². The van der Waals surface area contributed by atoms with Gasteiger partial charge in [0.1, 0.15) is 0 Å². The number of benzene rings is 2. The molecule has 25 heavy (non-hydrogen) atoms. The molecule has 0 aliphatic rings. The largest absolute Gasteiger partial charge is 0.493 e. The fourth-order valence-corrected chi connectivity index (χ4v) is 2.68. The summed E-state index contributed by atoms with van der Waals surface area (Å²) in [5.41, 5.74) is 2.02. The van der Waals surface area contributed by atoms with Crippen molar-refractivity contribution in [2.45, 2.75) is 19.4 Å². The molecule has 0 spiro atoms. The Balaban J connectivity index is 1.85. The van der Waals surface area contributed by atoms with Crippen molar-refractivity contribution < 1.29 is 14.3 Å². The molecule has 1 atom stereocenters. The van der Waals surface area contributed by atoms with E-state index in [1.165, 1.54) is 0 Å². The van der Waals surface area contributed by atoms with Crippen LogP contribution in [0.1, 0.15) is 24.1 Å². The zero-order chi connectivity index (χ0) is 18.2. The molecule has 1 unspecified atom stereocenters. The first kappa shape index (κ1) is 18.9. The molecule has 2 aromatic carbocycles. The van der Waals surface area contributed by atoms with Crippen molar-refractivity contribution in [1.29, 1.82) is 0 Å². The predicted molar refractivity (Wildman–Crippen MR) is 99.7 cm³/mol. The molecule has 0 fully saturated rings. The molecule has 2 amide bonds. The predicted octanol–water partition coefficient (Wildman–Crippen LogP) is 3.96. The van der Waals surface area contributed by atoms with Gasteiger partial charge in [-0.3, -0.25) is 0 Å². The van der Waals surface area contributed by atoms with Crippen LogP contribution in [0.2, 0.25) is 5.02 Å². The topological polar surface area (TPSA) is 59.6 Å². The van der Waals surface area contributed by atoms with Gasteiger partial charge >= 0.3 is 6.03 Å². The third-order valence-corrected chi connectivity index (χ3v) is 4.08. The quantitative estimate of drug-likeness (QED) is 0.783. The first-order chi connectivity index (χ1) is 12.0. The average Bonchev–Trinajstić information content (AvgIpc) is 2.61. The Morgan fingerprint density at radius 3 is 2.56 bits per heavy atom. The first-order valence-electron chi connectivity index (χ1n) is 8.04. The van der Waals surface area contributed by atoms with E-state index >= 15 is 0 Å². The van der Waals surface area contributed by atoms with E-state index in [9.17, 15) is 4.79 Å². The van der Waals surface area contributed by atoms with Gasteiger partial charge in [-0.05, 0) is 48.7 Å². The smallest absolute Gasteiger partial charge is 0.315 e. The van der Waals surface area contributed by atoms with E-state index in [0.717, 1.165) is 17.5 Å². The summed E-state index contributed by atoms with van der Waals surface area (Å²) in [5, 5.41) is 6.46. The van der Waals surface area contributed by atoms with Gasteiger partial charge in [0.2, 0.25) is 0 Å². The van der Waals surface area contributed by atoms with Crippen LogP contribution in [0, 0.1) is 0 Å². The molecule has 2 N–H and O–H groups in total. The van der Waals surface area contributed by atoms with E-state index in [4.69, 9.17) is 21.1 Å². The Labute approximate surface area is 153 Å². The van der Waals surface area contributed by atoms with Crippen molar-refractivity contribution in [2.75, 3.05) is 20.8 Å². The zero-order valence-corrected chi connectivity index (χ0v) is 15.4. The van der Waals surface area contributed by atoms with Gasteiger partial charge in [0.05, 0.1) is 20.3 Å². The number of hydrogen-bond donors (Lipinski definition) is 2. The minimum atomic E-state index is -0.218. The molecule has 0 aromatic heterocycles. The minimum absolute atomic E-state index is 0.161. The van der Waals surface area contributed by atoms with Gasteiger partial charge in [0.25, 0.3) is 0 Å². The second kappa shape index (κ2) is 9.18. The van der Waals surface area contributed by atoms with Gasteiger partial charge in [0, 0.05) is 11.6 Å². The van der Waals surface area contributed by atoms with E-state index < -0.39 is 0 Å². The van der Waals surface area contributed by atoms with Crippen LogP contribution in [0.5, 0.6) is 11.5 Å². The number of nitrogens with one attached hydrogen (secondary N) is 2. The molecule has 0 aliphatic carbocycles. The van der Waals surface area contributed by atoms with E-state index in [-0.39, 0.29) is 12.1 Å². The number of ether oxygens (including phenoxy) is 2. The molecule has 0 radical (unpaired) electrons. The normalized spacial score (nSPS) is 11.5. The maximum atomic E-state index is 12.1. The highest BCUT2D eigenvalue weighted by molar-refractivity contribution is 6.30. The average molecular weight is 363 g/mol. The van der Waals surface area contributed by atoms with Gasteiger partial charge in [-0.25, -0.2) is 4.79 Å². The van der Waals surface area contributed by atoms with E-state index in [2.05, 4.69) is 10.6 Å². The van der Waals surface area contributed by atoms with Crippen molar-refractivity contribution >= 4 is 17.6 Å². The number of hydrogen-bond acceptors (Lipinski definition) is 3. The molecule has 2 aromatic rings. The van der Waals surface area contributed by atoms with Crippen LogP contribution >= 0.6 is 11.6 Å². The SMILES string of the molecule is COc1ccc(C(C)NC(=O)NCCc2cccc(Cl)c2)cc1OC. The summed E-state index contributed by atoms with van der Waals surface area (Å²) in [6, 6.07) is 12.8. The van der Waals surface area contributed by atoms with Crippen molar-refractivity contribution in [3.8, 4) is 11.5 Å². The maximum Gasteiger partial charge on any atom is 0.315 e. The van der Waals surface area contributed by atoms with Crippen LogP contribution in [0.3, 0.4) is 0 Å². The lowest BCUT2D eigenvalue weighted by Crippen LogP contribution is -2.38. The monoisotopic (exact) mass is 362 g/mol. The summed E-state index contributed by atoms with van der Waals surface area (Å²) in [4.78, 5) is 12.1. The van der Waals surface area contributed by atoms with Crippen molar-refractivity contribution in [1.82, 2.24) is 10.6 Å².